The summed E-state index contributed by atoms with van der Waals surface area (Å²) >= 11 is 0. The maximum atomic E-state index is 13.6. The Morgan fingerprint density at radius 1 is 0.767 bits per heavy atom. The van der Waals surface area contributed by atoms with Crippen molar-refractivity contribution in [2.24, 2.45) is 0 Å². The molecule has 30 heavy (non-hydrogen) atoms. The SMILES string of the molecule is Cc1ccc(C2C3=C(Nc4ccc5ccccc5c42)c2ccccc2C3=O)cc1C. The number of aryl methyl sites for hydroxylation is 2. The summed E-state index contributed by atoms with van der Waals surface area (Å²) in [6.07, 6.45) is 0. The molecule has 1 N–H and O–H groups in total. The first kappa shape index (κ1) is 17.2. The summed E-state index contributed by atoms with van der Waals surface area (Å²) in [6, 6.07) is 27.3. The van der Waals surface area contributed by atoms with Gasteiger partial charge in [0.2, 0.25) is 0 Å². The number of benzene rings is 4. The van der Waals surface area contributed by atoms with Crippen molar-refractivity contribution < 1.29 is 4.79 Å². The molecule has 0 saturated heterocycles. The monoisotopic (exact) mass is 387 g/mol. The fourth-order valence-electron chi connectivity index (χ4n) is 4.99. The molecule has 0 radical (unpaired) electrons. The molecule has 0 aromatic heterocycles. The van der Waals surface area contributed by atoms with Crippen molar-refractivity contribution in [2.45, 2.75) is 19.8 Å². The number of allylic oxidation sites excluding steroid dienone is 1. The van der Waals surface area contributed by atoms with E-state index in [0.717, 1.165) is 28.1 Å². The van der Waals surface area contributed by atoms with E-state index in [4.69, 9.17) is 0 Å². The van der Waals surface area contributed by atoms with E-state index in [-0.39, 0.29) is 11.7 Å². The summed E-state index contributed by atoms with van der Waals surface area (Å²) in [4.78, 5) is 13.6. The first-order chi connectivity index (χ1) is 14.6. The first-order valence-electron chi connectivity index (χ1n) is 10.4. The summed E-state index contributed by atoms with van der Waals surface area (Å²) in [6.45, 7) is 4.27. The lowest BCUT2D eigenvalue weighted by molar-refractivity contribution is 0.103. The lowest BCUT2D eigenvalue weighted by atomic mass is 9.77. The second-order valence-corrected chi connectivity index (χ2v) is 8.31. The number of carbonyl (C=O) groups excluding carboxylic acids is 1. The van der Waals surface area contributed by atoms with Gasteiger partial charge in [-0.25, -0.2) is 0 Å². The maximum Gasteiger partial charge on any atom is 0.192 e. The van der Waals surface area contributed by atoms with Crippen LogP contribution in [-0.4, -0.2) is 5.78 Å². The Morgan fingerprint density at radius 2 is 1.53 bits per heavy atom. The normalized spacial score (nSPS) is 16.9. The Bertz CT molecular complexity index is 1410. The van der Waals surface area contributed by atoms with Gasteiger partial charge >= 0.3 is 0 Å². The topological polar surface area (TPSA) is 29.1 Å². The zero-order chi connectivity index (χ0) is 20.4. The van der Waals surface area contributed by atoms with Crippen molar-refractivity contribution in [3.05, 3.63) is 118 Å². The van der Waals surface area contributed by atoms with Gasteiger partial charge in [-0.05, 0) is 52.9 Å². The number of hydrogen-bond donors (Lipinski definition) is 1. The molecule has 0 fully saturated rings. The van der Waals surface area contributed by atoms with Gasteiger partial charge in [0, 0.05) is 28.3 Å². The highest BCUT2D eigenvalue weighted by Gasteiger charge is 2.40. The Morgan fingerprint density at radius 3 is 2.37 bits per heavy atom. The average Bonchev–Trinajstić information content (AvgIpc) is 3.06. The van der Waals surface area contributed by atoms with Crippen LogP contribution in [0, 0.1) is 13.8 Å². The molecule has 1 atom stereocenters. The molecule has 2 aliphatic rings. The summed E-state index contributed by atoms with van der Waals surface area (Å²) in [5.74, 6) is 0.0384. The standard InChI is InChI=1S/C28H21NO/c1-16-11-12-19(15-17(16)2)24-25-20-8-4-3-7-18(20)13-14-23(25)29-27-21-9-5-6-10-22(21)28(30)26(24)27/h3-15,24,29H,1-2H3. The molecule has 0 spiro atoms. The van der Waals surface area contributed by atoms with Crippen LogP contribution in [0.3, 0.4) is 0 Å². The highest BCUT2D eigenvalue weighted by Crippen LogP contribution is 2.51. The van der Waals surface area contributed by atoms with Crippen molar-refractivity contribution in [3.63, 3.8) is 0 Å². The molecule has 1 unspecified atom stereocenters. The largest absolute Gasteiger partial charge is 0.354 e. The second kappa shape index (κ2) is 6.17. The average molecular weight is 387 g/mol. The van der Waals surface area contributed by atoms with Gasteiger partial charge in [0.1, 0.15) is 0 Å². The predicted molar refractivity (Wildman–Crippen MR) is 123 cm³/mol. The van der Waals surface area contributed by atoms with E-state index in [1.165, 1.54) is 33.0 Å². The number of ketones is 1. The van der Waals surface area contributed by atoms with Crippen LogP contribution >= 0.6 is 0 Å². The Balaban J connectivity index is 1.70. The van der Waals surface area contributed by atoms with Crippen molar-refractivity contribution in [1.29, 1.82) is 0 Å². The molecule has 0 saturated carbocycles. The highest BCUT2D eigenvalue weighted by molar-refractivity contribution is 6.24. The summed E-state index contributed by atoms with van der Waals surface area (Å²) in [7, 11) is 0. The third kappa shape index (κ3) is 2.28. The van der Waals surface area contributed by atoms with Crippen LogP contribution in [0.25, 0.3) is 16.5 Å². The highest BCUT2D eigenvalue weighted by atomic mass is 16.1. The molecule has 144 valence electrons. The van der Waals surface area contributed by atoms with Gasteiger partial charge in [0.05, 0.1) is 5.70 Å². The maximum absolute atomic E-state index is 13.6. The molecule has 1 aliphatic heterocycles. The number of hydrogen-bond acceptors (Lipinski definition) is 2. The van der Waals surface area contributed by atoms with Crippen LogP contribution in [0.1, 0.15) is 44.1 Å². The molecule has 4 aromatic carbocycles. The summed E-state index contributed by atoms with van der Waals surface area (Å²) in [5, 5.41) is 6.01. The van der Waals surface area contributed by atoms with Crippen LogP contribution < -0.4 is 5.32 Å². The lowest BCUT2D eigenvalue weighted by Crippen LogP contribution is -2.19. The quantitative estimate of drug-likeness (QED) is 0.397. The molecular formula is C28H21NO. The van der Waals surface area contributed by atoms with Crippen LogP contribution in [0.4, 0.5) is 5.69 Å². The molecule has 1 aliphatic carbocycles. The minimum atomic E-state index is -0.0958. The fourth-order valence-corrected chi connectivity index (χ4v) is 4.99. The number of carbonyl (C=O) groups is 1. The smallest absolute Gasteiger partial charge is 0.192 e. The van der Waals surface area contributed by atoms with E-state index >= 15 is 0 Å². The molecule has 1 heterocycles. The number of Topliss-reactive ketones (excluding diaryl/α,β-unsaturated/α-hetero) is 1. The third-order valence-electron chi connectivity index (χ3n) is 6.63. The number of anilines is 1. The zero-order valence-electron chi connectivity index (χ0n) is 17.0. The van der Waals surface area contributed by atoms with Crippen molar-refractivity contribution >= 4 is 27.9 Å². The van der Waals surface area contributed by atoms with Gasteiger partial charge in [-0.2, -0.15) is 0 Å². The Hall–Kier alpha value is -3.65. The van der Waals surface area contributed by atoms with E-state index < -0.39 is 0 Å². The number of nitrogens with one attached hydrogen (secondary N) is 1. The summed E-state index contributed by atoms with van der Waals surface area (Å²) in [5.41, 5.74) is 9.58. The van der Waals surface area contributed by atoms with Gasteiger partial charge in [-0.1, -0.05) is 72.8 Å². The van der Waals surface area contributed by atoms with Crippen LogP contribution in [0.5, 0.6) is 0 Å². The molecule has 6 rings (SSSR count). The third-order valence-corrected chi connectivity index (χ3v) is 6.63. The molecule has 0 amide bonds. The van der Waals surface area contributed by atoms with Gasteiger partial charge in [0.15, 0.2) is 5.78 Å². The molecule has 2 nitrogen and oxygen atoms in total. The molecule has 2 heteroatoms. The minimum absolute atomic E-state index is 0.0958. The van der Waals surface area contributed by atoms with Crippen LogP contribution in [0.15, 0.2) is 84.4 Å². The zero-order valence-corrected chi connectivity index (χ0v) is 17.0. The van der Waals surface area contributed by atoms with Crippen LogP contribution in [0.2, 0.25) is 0 Å². The molecule has 0 bridgehead atoms. The molecule has 4 aromatic rings. The second-order valence-electron chi connectivity index (χ2n) is 8.31. The Labute approximate surface area is 175 Å². The van der Waals surface area contributed by atoms with E-state index in [1.54, 1.807) is 0 Å². The van der Waals surface area contributed by atoms with Crippen molar-refractivity contribution in [1.82, 2.24) is 0 Å². The predicted octanol–water partition coefficient (Wildman–Crippen LogP) is 6.62. The van der Waals surface area contributed by atoms with Gasteiger partial charge < -0.3 is 5.32 Å². The fraction of sp³-hybridized carbons (Fsp3) is 0.107. The summed E-state index contributed by atoms with van der Waals surface area (Å²) < 4.78 is 0. The van der Waals surface area contributed by atoms with Crippen molar-refractivity contribution in [3.8, 4) is 0 Å². The van der Waals surface area contributed by atoms with E-state index in [2.05, 4.69) is 73.8 Å². The van der Waals surface area contributed by atoms with Crippen molar-refractivity contribution in [2.75, 3.05) is 5.32 Å². The number of rotatable bonds is 1. The first-order valence-corrected chi connectivity index (χ1v) is 10.4. The van der Waals surface area contributed by atoms with Gasteiger partial charge in [-0.15, -0.1) is 0 Å². The van der Waals surface area contributed by atoms with E-state index in [9.17, 15) is 4.79 Å². The van der Waals surface area contributed by atoms with E-state index in [0.29, 0.717) is 0 Å². The lowest BCUT2D eigenvalue weighted by Gasteiger charge is -2.30. The minimum Gasteiger partial charge on any atom is -0.354 e. The van der Waals surface area contributed by atoms with Gasteiger partial charge in [0.25, 0.3) is 0 Å². The number of fused-ring (bicyclic) bond motifs is 5. The Kier molecular flexibility index (Phi) is 3.54. The van der Waals surface area contributed by atoms with Gasteiger partial charge in [-0.3, -0.25) is 4.79 Å². The van der Waals surface area contributed by atoms with E-state index in [1.807, 2.05) is 24.3 Å². The van der Waals surface area contributed by atoms with Crippen LogP contribution in [-0.2, 0) is 0 Å². The molecular weight excluding hydrogens is 366 g/mol.